The Hall–Kier alpha value is -5.56. The number of ketones is 2. The Morgan fingerprint density at radius 1 is 0.816 bits per heavy atom. The van der Waals surface area contributed by atoms with Crippen LogP contribution < -0.4 is 4.74 Å². The Bertz CT molecular complexity index is 2050. The Morgan fingerprint density at radius 3 is 2.18 bits per heavy atom. The molecule has 49 heavy (non-hydrogen) atoms. The second-order valence-corrected chi connectivity index (χ2v) is 13.5. The van der Waals surface area contributed by atoms with Crippen LogP contribution in [0.3, 0.4) is 0 Å². The molecular weight excluding hydrogens is 614 g/mol. The molecule has 0 bridgehead atoms. The maximum atomic E-state index is 15.1. The number of carbonyl (C=O) groups is 4. The average molecular weight is 650 g/mol. The van der Waals surface area contributed by atoms with Gasteiger partial charge in [-0.1, -0.05) is 109 Å². The third kappa shape index (κ3) is 4.63. The first-order valence-corrected chi connectivity index (χ1v) is 16.7. The SMILES string of the molecule is COc1cc(O)ccc1C1C2=CCC3C(=O)N(Cc4ccccc4)C(=O)C3C2CC2C(=O)C(c3ccccc3)=CC(=O)C21c1ccccc1. The van der Waals surface area contributed by atoms with Crippen molar-refractivity contribution in [1.82, 2.24) is 4.90 Å². The second-order valence-electron chi connectivity index (χ2n) is 13.5. The van der Waals surface area contributed by atoms with Crippen molar-refractivity contribution in [1.29, 1.82) is 0 Å². The Balaban J connectivity index is 1.35. The minimum absolute atomic E-state index is 0.00128. The molecule has 3 aliphatic carbocycles. The molecule has 0 radical (unpaired) electrons. The van der Waals surface area contributed by atoms with Crippen molar-refractivity contribution in [2.24, 2.45) is 23.7 Å². The van der Waals surface area contributed by atoms with Crippen molar-refractivity contribution in [2.75, 3.05) is 7.11 Å². The van der Waals surface area contributed by atoms with Gasteiger partial charge in [-0.05, 0) is 47.6 Å². The summed E-state index contributed by atoms with van der Waals surface area (Å²) in [4.78, 5) is 59.9. The highest BCUT2D eigenvalue weighted by Gasteiger charge is 2.66. The standard InChI is InChI=1S/C42H35NO6/c1-49-35-21-28(44)17-18-30(35)38-29-19-20-31-37(41(48)43(40(31)47)24-25-11-5-2-6-12-25)33(29)22-34-39(46)32(26-13-7-3-8-14-26)23-36(45)42(34,38)27-15-9-4-10-16-27/h2-19,21,23,31,33-34,37-38,44H,20,22,24H2,1H3. The lowest BCUT2D eigenvalue weighted by molar-refractivity contribution is -0.141. The number of methoxy groups -OCH3 is 1. The van der Waals surface area contributed by atoms with E-state index < -0.39 is 35.0 Å². The summed E-state index contributed by atoms with van der Waals surface area (Å²) in [6.07, 6.45) is 4.10. The van der Waals surface area contributed by atoms with Crippen LogP contribution in [-0.4, -0.2) is 40.5 Å². The number of allylic oxidation sites excluding steroid dienone is 4. The molecule has 8 rings (SSSR count). The van der Waals surface area contributed by atoms with E-state index in [4.69, 9.17) is 4.74 Å². The molecule has 2 amide bonds. The van der Waals surface area contributed by atoms with Gasteiger partial charge in [0.1, 0.15) is 11.5 Å². The monoisotopic (exact) mass is 649 g/mol. The van der Waals surface area contributed by atoms with Crippen LogP contribution in [0.5, 0.6) is 11.5 Å². The maximum absolute atomic E-state index is 15.1. The summed E-state index contributed by atoms with van der Waals surface area (Å²) in [5.74, 6) is -3.73. The quantitative estimate of drug-likeness (QED) is 0.191. The Labute approximate surface area is 284 Å². The van der Waals surface area contributed by atoms with E-state index in [1.165, 1.54) is 24.2 Å². The van der Waals surface area contributed by atoms with Crippen molar-refractivity contribution in [3.63, 3.8) is 0 Å². The van der Waals surface area contributed by atoms with Crippen molar-refractivity contribution in [3.05, 3.63) is 149 Å². The van der Waals surface area contributed by atoms with Crippen molar-refractivity contribution >= 4 is 29.0 Å². The number of benzene rings is 4. The summed E-state index contributed by atoms with van der Waals surface area (Å²) < 4.78 is 5.85. The van der Waals surface area contributed by atoms with E-state index in [-0.39, 0.29) is 42.1 Å². The van der Waals surface area contributed by atoms with Crippen LogP contribution in [0.4, 0.5) is 0 Å². The fraction of sp³-hybridized carbons (Fsp3) is 0.238. The van der Waals surface area contributed by atoms with Gasteiger partial charge in [0.2, 0.25) is 11.8 Å². The van der Waals surface area contributed by atoms with E-state index in [0.29, 0.717) is 34.4 Å². The largest absolute Gasteiger partial charge is 0.508 e. The van der Waals surface area contributed by atoms with E-state index in [1.807, 2.05) is 97.1 Å². The minimum atomic E-state index is -1.37. The van der Waals surface area contributed by atoms with Gasteiger partial charge in [0, 0.05) is 29.0 Å². The normalized spacial score (nSPS) is 27.5. The van der Waals surface area contributed by atoms with E-state index in [1.54, 1.807) is 12.1 Å². The fourth-order valence-electron chi connectivity index (χ4n) is 9.14. The van der Waals surface area contributed by atoms with Crippen LogP contribution in [0.25, 0.3) is 5.57 Å². The molecule has 4 aromatic rings. The molecule has 4 aromatic carbocycles. The first kappa shape index (κ1) is 30.8. The number of carbonyl (C=O) groups excluding carboxylic acids is 4. The van der Waals surface area contributed by atoms with E-state index in [9.17, 15) is 14.7 Å². The number of aromatic hydroxyl groups is 1. The van der Waals surface area contributed by atoms with Crippen molar-refractivity contribution in [2.45, 2.75) is 30.7 Å². The third-order valence-electron chi connectivity index (χ3n) is 11.2. The molecular formula is C42H35NO6. The van der Waals surface area contributed by atoms with Gasteiger partial charge >= 0.3 is 0 Å². The molecule has 7 nitrogen and oxygen atoms in total. The first-order chi connectivity index (χ1) is 23.8. The lowest BCUT2D eigenvalue weighted by Gasteiger charge is -2.55. The highest BCUT2D eigenvalue weighted by atomic mass is 16.5. The lowest BCUT2D eigenvalue weighted by atomic mass is 9.44. The van der Waals surface area contributed by atoms with Gasteiger partial charge in [0.25, 0.3) is 0 Å². The fourth-order valence-corrected chi connectivity index (χ4v) is 9.14. The number of Topliss-reactive ketones (excluding diaryl/α,β-unsaturated/α-hetero) is 1. The van der Waals surface area contributed by atoms with Crippen LogP contribution >= 0.6 is 0 Å². The number of likely N-dealkylation sites (tertiary alicyclic amines) is 1. The van der Waals surface area contributed by atoms with Gasteiger partial charge in [-0.3, -0.25) is 24.1 Å². The zero-order chi connectivity index (χ0) is 33.9. The van der Waals surface area contributed by atoms with Crippen LogP contribution in [-0.2, 0) is 31.1 Å². The van der Waals surface area contributed by atoms with E-state index in [2.05, 4.69) is 0 Å². The number of imide groups is 1. The number of fused-ring (bicyclic) bond motifs is 4. The summed E-state index contributed by atoms with van der Waals surface area (Å²) in [6.45, 7) is 0.179. The molecule has 6 unspecified atom stereocenters. The minimum Gasteiger partial charge on any atom is -0.508 e. The van der Waals surface area contributed by atoms with Gasteiger partial charge in [0.05, 0.1) is 30.9 Å². The summed E-state index contributed by atoms with van der Waals surface area (Å²) in [6, 6.07) is 32.9. The number of nitrogens with zero attached hydrogens (tertiary/aromatic N) is 1. The van der Waals surface area contributed by atoms with Crippen LogP contribution in [0, 0.1) is 23.7 Å². The van der Waals surface area contributed by atoms with Crippen LogP contribution in [0.15, 0.2) is 127 Å². The number of phenols is 1. The number of ether oxygens (including phenoxy) is 1. The highest BCUT2D eigenvalue weighted by Crippen LogP contribution is 2.64. The molecule has 244 valence electrons. The topological polar surface area (TPSA) is 101 Å². The molecule has 0 aromatic heterocycles. The number of amides is 2. The second kappa shape index (κ2) is 11.8. The first-order valence-electron chi connectivity index (χ1n) is 16.7. The smallest absolute Gasteiger partial charge is 0.234 e. The number of rotatable bonds is 6. The van der Waals surface area contributed by atoms with Gasteiger partial charge < -0.3 is 9.84 Å². The number of hydrogen-bond acceptors (Lipinski definition) is 6. The summed E-state index contributed by atoms with van der Waals surface area (Å²) >= 11 is 0. The molecule has 1 saturated heterocycles. The molecule has 4 aliphatic rings. The molecule has 1 aliphatic heterocycles. The Morgan fingerprint density at radius 2 is 1.49 bits per heavy atom. The number of hydrogen-bond donors (Lipinski definition) is 1. The van der Waals surface area contributed by atoms with Crippen LogP contribution in [0.1, 0.15) is 41.0 Å². The molecule has 1 saturated carbocycles. The van der Waals surface area contributed by atoms with Crippen molar-refractivity contribution in [3.8, 4) is 11.5 Å². The zero-order valence-electron chi connectivity index (χ0n) is 27.0. The predicted octanol–water partition coefficient (Wildman–Crippen LogP) is 6.43. The highest BCUT2D eigenvalue weighted by molar-refractivity contribution is 6.31. The molecule has 6 atom stereocenters. The molecule has 7 heteroatoms. The van der Waals surface area contributed by atoms with Crippen molar-refractivity contribution < 1.29 is 29.0 Å². The van der Waals surface area contributed by atoms with Gasteiger partial charge in [-0.15, -0.1) is 0 Å². The summed E-state index contributed by atoms with van der Waals surface area (Å²) in [5.41, 5.74) is 2.68. The number of phenolic OH excluding ortho intramolecular Hbond substituents is 1. The predicted molar refractivity (Wildman–Crippen MR) is 183 cm³/mol. The summed E-state index contributed by atoms with van der Waals surface area (Å²) in [7, 11) is 1.51. The molecule has 0 spiro atoms. The molecule has 1 heterocycles. The van der Waals surface area contributed by atoms with E-state index >= 15 is 9.59 Å². The maximum Gasteiger partial charge on any atom is 0.234 e. The third-order valence-corrected chi connectivity index (χ3v) is 11.2. The van der Waals surface area contributed by atoms with Gasteiger partial charge in [-0.25, -0.2) is 0 Å². The lowest BCUT2D eigenvalue weighted by Crippen LogP contribution is -2.58. The van der Waals surface area contributed by atoms with E-state index in [0.717, 1.165) is 11.1 Å². The summed E-state index contributed by atoms with van der Waals surface area (Å²) in [5, 5.41) is 10.5. The van der Waals surface area contributed by atoms with Crippen LogP contribution in [0.2, 0.25) is 0 Å². The average Bonchev–Trinajstić information content (AvgIpc) is 3.38. The molecule has 2 fully saturated rings. The van der Waals surface area contributed by atoms with Gasteiger partial charge in [0.15, 0.2) is 11.6 Å². The Kier molecular flexibility index (Phi) is 7.43. The van der Waals surface area contributed by atoms with Gasteiger partial charge in [-0.2, -0.15) is 0 Å². The molecule has 1 N–H and O–H groups in total. The zero-order valence-corrected chi connectivity index (χ0v) is 27.0.